The molecule has 1 aliphatic rings. The van der Waals surface area contributed by atoms with E-state index in [-0.39, 0.29) is 18.5 Å². The van der Waals surface area contributed by atoms with Crippen LogP contribution in [0.15, 0.2) is 18.2 Å². The van der Waals surface area contributed by atoms with Gasteiger partial charge in [-0.15, -0.1) is 0 Å². The van der Waals surface area contributed by atoms with E-state index < -0.39 is 0 Å². The average Bonchev–Trinajstić information content (AvgIpc) is 2.39. The first-order chi connectivity index (χ1) is 9.11. The van der Waals surface area contributed by atoms with Crippen LogP contribution in [0, 0.1) is 11.7 Å². The summed E-state index contributed by atoms with van der Waals surface area (Å²) in [6.07, 6.45) is 2.36. The number of ether oxygens (including phenoxy) is 1. The largest absolute Gasteiger partial charge is 0.490 e. The van der Waals surface area contributed by atoms with E-state index in [0.29, 0.717) is 17.2 Å². The van der Waals surface area contributed by atoms with E-state index >= 15 is 0 Å². The van der Waals surface area contributed by atoms with E-state index in [0.717, 1.165) is 25.9 Å². The van der Waals surface area contributed by atoms with E-state index in [1.165, 1.54) is 6.07 Å². The van der Waals surface area contributed by atoms with E-state index in [2.05, 4.69) is 18.9 Å². The maximum absolute atomic E-state index is 13.6. The Morgan fingerprint density at radius 2 is 2.11 bits per heavy atom. The maximum Gasteiger partial charge on any atom is 0.131 e. The molecule has 2 rings (SSSR count). The Morgan fingerprint density at radius 3 is 2.74 bits per heavy atom. The van der Waals surface area contributed by atoms with Gasteiger partial charge in [0.2, 0.25) is 0 Å². The number of hydrogen-bond donors (Lipinski definition) is 1. The van der Waals surface area contributed by atoms with Crippen molar-refractivity contribution in [2.24, 2.45) is 11.7 Å². The Balaban J connectivity index is 2.02. The molecule has 106 valence electrons. The molecule has 0 aliphatic carbocycles. The smallest absolute Gasteiger partial charge is 0.131 e. The zero-order valence-corrected chi connectivity index (χ0v) is 11.7. The van der Waals surface area contributed by atoms with Crippen molar-refractivity contribution in [3.63, 3.8) is 0 Å². The predicted octanol–water partition coefficient (Wildman–Crippen LogP) is 2.39. The summed E-state index contributed by atoms with van der Waals surface area (Å²) in [5.41, 5.74) is 6.07. The molecule has 0 amide bonds. The van der Waals surface area contributed by atoms with Gasteiger partial charge in [0, 0.05) is 12.1 Å². The first-order valence-electron chi connectivity index (χ1n) is 6.94. The molecule has 4 heteroatoms. The first kappa shape index (κ1) is 14.3. The highest BCUT2D eigenvalue weighted by atomic mass is 19.1. The van der Waals surface area contributed by atoms with Crippen molar-refractivity contribution in [3.05, 3.63) is 29.6 Å². The molecule has 1 heterocycles. The van der Waals surface area contributed by atoms with Crippen LogP contribution in [0.2, 0.25) is 0 Å². The number of halogens is 1. The van der Waals surface area contributed by atoms with Crippen molar-refractivity contribution in [3.8, 4) is 5.75 Å². The van der Waals surface area contributed by atoms with E-state index in [4.69, 9.17) is 10.5 Å². The van der Waals surface area contributed by atoms with Crippen molar-refractivity contribution in [2.75, 3.05) is 20.1 Å². The van der Waals surface area contributed by atoms with Crippen LogP contribution in [0.3, 0.4) is 0 Å². The summed E-state index contributed by atoms with van der Waals surface area (Å²) in [5.74, 6) is 0.842. The first-order valence-corrected chi connectivity index (χ1v) is 6.94. The number of hydrogen-bond acceptors (Lipinski definition) is 3. The van der Waals surface area contributed by atoms with Crippen LogP contribution in [0.4, 0.5) is 4.39 Å². The Morgan fingerprint density at radius 1 is 1.42 bits per heavy atom. The molecule has 1 aromatic carbocycles. The number of benzene rings is 1. The second kappa shape index (κ2) is 6.35. The van der Waals surface area contributed by atoms with Gasteiger partial charge in [-0.2, -0.15) is 0 Å². The minimum absolute atomic E-state index is 0.0980. The van der Waals surface area contributed by atoms with Crippen LogP contribution in [-0.2, 0) is 6.54 Å². The number of likely N-dealkylation sites (tertiary alicyclic amines) is 1. The summed E-state index contributed by atoms with van der Waals surface area (Å²) in [5, 5.41) is 0. The van der Waals surface area contributed by atoms with Crippen LogP contribution in [0.1, 0.15) is 25.3 Å². The van der Waals surface area contributed by atoms with Crippen LogP contribution >= 0.6 is 0 Å². The van der Waals surface area contributed by atoms with Crippen LogP contribution in [0.25, 0.3) is 0 Å². The molecule has 0 radical (unpaired) electrons. The fourth-order valence-electron chi connectivity index (χ4n) is 2.64. The highest BCUT2D eigenvalue weighted by Gasteiger charge is 2.24. The standard InChI is InChI=1S/C15H23FN2O/c1-11(12-6-8-18(2)9-7-12)19-15-5-3-4-14(16)13(15)10-17/h3-5,11-12H,6-10,17H2,1-2H3. The topological polar surface area (TPSA) is 38.5 Å². The number of piperidine rings is 1. The van der Waals surface area contributed by atoms with Gasteiger partial charge in [-0.1, -0.05) is 6.07 Å². The average molecular weight is 266 g/mol. The normalized spacial score (nSPS) is 19.4. The summed E-state index contributed by atoms with van der Waals surface area (Å²) >= 11 is 0. The van der Waals surface area contributed by atoms with Gasteiger partial charge in [0.05, 0.1) is 6.10 Å². The molecule has 1 aliphatic heterocycles. The lowest BCUT2D eigenvalue weighted by Gasteiger charge is -2.33. The van der Waals surface area contributed by atoms with Gasteiger partial charge in [0.25, 0.3) is 0 Å². The third-order valence-corrected chi connectivity index (χ3v) is 4.02. The quantitative estimate of drug-likeness (QED) is 0.909. The van der Waals surface area contributed by atoms with E-state index in [9.17, 15) is 4.39 Å². The molecule has 19 heavy (non-hydrogen) atoms. The van der Waals surface area contributed by atoms with Gasteiger partial charge in [-0.05, 0) is 58.0 Å². The molecule has 0 bridgehead atoms. The Hall–Kier alpha value is -1.13. The van der Waals surface area contributed by atoms with Crippen molar-refractivity contribution < 1.29 is 9.13 Å². The van der Waals surface area contributed by atoms with Crippen molar-refractivity contribution >= 4 is 0 Å². The molecule has 1 fully saturated rings. The Bertz CT molecular complexity index is 417. The SMILES string of the molecule is CC(Oc1cccc(F)c1CN)C1CCN(C)CC1. The van der Waals surface area contributed by atoms with Gasteiger partial charge in [-0.3, -0.25) is 0 Å². The Labute approximate surface area is 114 Å². The fourth-order valence-corrected chi connectivity index (χ4v) is 2.64. The second-order valence-electron chi connectivity index (χ2n) is 5.38. The van der Waals surface area contributed by atoms with Crippen molar-refractivity contribution in [1.29, 1.82) is 0 Å². The molecule has 1 atom stereocenters. The lowest BCUT2D eigenvalue weighted by Crippen LogP contribution is -2.36. The Kier molecular flexibility index (Phi) is 4.77. The van der Waals surface area contributed by atoms with Crippen molar-refractivity contribution in [1.82, 2.24) is 4.90 Å². The molecule has 0 spiro atoms. The summed E-state index contributed by atoms with van der Waals surface area (Å²) in [7, 11) is 2.14. The minimum Gasteiger partial charge on any atom is -0.490 e. The molecule has 0 saturated carbocycles. The van der Waals surface area contributed by atoms with E-state index in [1.807, 2.05) is 0 Å². The highest BCUT2D eigenvalue weighted by molar-refractivity contribution is 5.34. The van der Waals surface area contributed by atoms with Gasteiger partial charge in [-0.25, -0.2) is 4.39 Å². The lowest BCUT2D eigenvalue weighted by atomic mass is 9.92. The summed E-state index contributed by atoms with van der Waals surface area (Å²) < 4.78 is 19.6. The number of nitrogens with zero attached hydrogens (tertiary/aromatic N) is 1. The van der Waals surface area contributed by atoms with Gasteiger partial charge in [0.1, 0.15) is 11.6 Å². The minimum atomic E-state index is -0.282. The molecular formula is C15H23FN2O. The number of rotatable bonds is 4. The van der Waals surface area contributed by atoms with Crippen LogP contribution in [0.5, 0.6) is 5.75 Å². The summed E-state index contributed by atoms with van der Waals surface area (Å²) in [4.78, 5) is 2.33. The highest BCUT2D eigenvalue weighted by Crippen LogP contribution is 2.27. The molecule has 1 aromatic rings. The molecule has 2 N–H and O–H groups in total. The molecule has 1 saturated heterocycles. The van der Waals surface area contributed by atoms with Gasteiger partial charge >= 0.3 is 0 Å². The van der Waals surface area contributed by atoms with Gasteiger partial charge < -0.3 is 15.4 Å². The predicted molar refractivity (Wildman–Crippen MR) is 74.6 cm³/mol. The zero-order chi connectivity index (χ0) is 13.8. The molecule has 1 unspecified atom stereocenters. The summed E-state index contributed by atoms with van der Waals surface area (Å²) in [6.45, 7) is 4.44. The number of nitrogens with two attached hydrogens (primary N) is 1. The van der Waals surface area contributed by atoms with Crippen LogP contribution in [-0.4, -0.2) is 31.1 Å². The zero-order valence-electron chi connectivity index (χ0n) is 11.7. The third-order valence-electron chi connectivity index (χ3n) is 4.02. The third kappa shape index (κ3) is 3.45. The van der Waals surface area contributed by atoms with Crippen molar-refractivity contribution in [2.45, 2.75) is 32.4 Å². The molecular weight excluding hydrogens is 243 g/mol. The fraction of sp³-hybridized carbons (Fsp3) is 0.600. The molecule has 3 nitrogen and oxygen atoms in total. The molecule has 0 aromatic heterocycles. The van der Waals surface area contributed by atoms with Gasteiger partial charge in [0.15, 0.2) is 0 Å². The summed E-state index contributed by atoms with van der Waals surface area (Å²) in [6, 6.07) is 4.90. The monoisotopic (exact) mass is 266 g/mol. The lowest BCUT2D eigenvalue weighted by molar-refractivity contribution is 0.0966. The maximum atomic E-state index is 13.6. The van der Waals surface area contributed by atoms with E-state index in [1.54, 1.807) is 12.1 Å². The van der Waals surface area contributed by atoms with Crippen LogP contribution < -0.4 is 10.5 Å². The second-order valence-corrected chi connectivity index (χ2v) is 5.38.